The third kappa shape index (κ3) is 5.30. The van der Waals surface area contributed by atoms with Crippen molar-refractivity contribution in [2.24, 2.45) is 11.8 Å². The molecular weight excluding hydrogens is 438 g/mol. The normalized spacial score (nSPS) is 18.2. The lowest BCUT2D eigenvalue weighted by Crippen LogP contribution is -2.45. The fourth-order valence-electron chi connectivity index (χ4n) is 5.04. The molecule has 2 heterocycles. The average molecular weight is 472 g/mol. The Balaban J connectivity index is 1.42. The molecule has 0 radical (unpaired) electrons. The SMILES string of the molecule is CC(C)Cc1cccc(Cl)c1COc1ccc2c(c1)OCC21CCN(CC(C)C(=O)O)CC1. The maximum atomic E-state index is 11.2. The van der Waals surface area contributed by atoms with E-state index in [1.54, 1.807) is 6.92 Å². The number of nitrogens with zero attached hydrogens (tertiary/aromatic N) is 1. The molecule has 178 valence electrons. The Labute approximate surface area is 201 Å². The minimum Gasteiger partial charge on any atom is -0.492 e. The number of carboxylic acids is 1. The molecule has 2 aliphatic heterocycles. The number of benzene rings is 2. The first-order chi connectivity index (χ1) is 15.8. The van der Waals surface area contributed by atoms with Crippen molar-refractivity contribution in [3.05, 3.63) is 58.1 Å². The lowest BCUT2D eigenvalue weighted by Gasteiger charge is -2.39. The predicted molar refractivity (Wildman–Crippen MR) is 130 cm³/mol. The topological polar surface area (TPSA) is 59.0 Å². The molecule has 1 fully saturated rings. The van der Waals surface area contributed by atoms with Crippen LogP contribution < -0.4 is 9.47 Å². The minimum atomic E-state index is -0.731. The summed E-state index contributed by atoms with van der Waals surface area (Å²) in [5.41, 5.74) is 3.55. The molecule has 1 atom stereocenters. The van der Waals surface area contributed by atoms with E-state index in [4.69, 9.17) is 21.1 Å². The summed E-state index contributed by atoms with van der Waals surface area (Å²) in [6.45, 7) is 9.68. The zero-order chi connectivity index (χ0) is 23.6. The molecule has 2 aromatic rings. The zero-order valence-corrected chi connectivity index (χ0v) is 20.5. The van der Waals surface area contributed by atoms with Crippen LogP contribution in [0.3, 0.4) is 0 Å². The molecule has 2 aromatic carbocycles. The van der Waals surface area contributed by atoms with Crippen molar-refractivity contribution in [1.82, 2.24) is 4.90 Å². The van der Waals surface area contributed by atoms with E-state index in [-0.39, 0.29) is 11.3 Å². The van der Waals surface area contributed by atoms with E-state index in [9.17, 15) is 9.90 Å². The summed E-state index contributed by atoms with van der Waals surface area (Å²) in [7, 11) is 0. The van der Waals surface area contributed by atoms with Crippen LogP contribution in [0.15, 0.2) is 36.4 Å². The van der Waals surface area contributed by atoms with Crippen LogP contribution in [0.2, 0.25) is 5.02 Å². The van der Waals surface area contributed by atoms with Crippen molar-refractivity contribution in [2.75, 3.05) is 26.2 Å². The number of likely N-dealkylation sites (tertiary alicyclic amines) is 1. The van der Waals surface area contributed by atoms with Crippen LogP contribution in [-0.2, 0) is 23.2 Å². The second-order valence-electron chi connectivity index (χ2n) is 10.0. The number of hydrogen-bond acceptors (Lipinski definition) is 4. The van der Waals surface area contributed by atoms with Crippen LogP contribution in [-0.4, -0.2) is 42.2 Å². The molecular formula is C27H34ClNO4. The van der Waals surface area contributed by atoms with E-state index in [1.165, 1.54) is 11.1 Å². The van der Waals surface area contributed by atoms with Gasteiger partial charge in [0.25, 0.3) is 0 Å². The zero-order valence-electron chi connectivity index (χ0n) is 19.8. The van der Waals surface area contributed by atoms with Crippen LogP contribution in [0.1, 0.15) is 50.3 Å². The van der Waals surface area contributed by atoms with Crippen molar-refractivity contribution >= 4 is 17.6 Å². The standard InChI is InChI=1S/C27H34ClNO4/c1-18(2)13-20-5-4-6-24(28)22(20)16-32-21-7-8-23-25(14-21)33-17-27(23)9-11-29(12-10-27)15-19(3)26(30)31/h4-8,14,18-19H,9-13,15-17H2,1-3H3,(H,30,31). The maximum Gasteiger partial charge on any atom is 0.307 e. The molecule has 0 amide bonds. The van der Waals surface area contributed by atoms with Gasteiger partial charge >= 0.3 is 5.97 Å². The van der Waals surface area contributed by atoms with E-state index in [0.29, 0.717) is 25.7 Å². The molecule has 0 aromatic heterocycles. The first-order valence-corrected chi connectivity index (χ1v) is 12.3. The third-order valence-corrected chi connectivity index (χ3v) is 7.38. The predicted octanol–water partition coefficient (Wildman–Crippen LogP) is 5.56. The minimum absolute atomic E-state index is 0.0179. The van der Waals surface area contributed by atoms with Gasteiger partial charge in [-0.25, -0.2) is 0 Å². The molecule has 6 heteroatoms. The molecule has 0 aliphatic carbocycles. The largest absolute Gasteiger partial charge is 0.492 e. The van der Waals surface area contributed by atoms with Gasteiger partial charge in [-0.3, -0.25) is 4.79 Å². The van der Waals surface area contributed by atoms with Crippen molar-refractivity contribution in [3.8, 4) is 11.5 Å². The summed E-state index contributed by atoms with van der Waals surface area (Å²) in [6, 6.07) is 12.2. The Kier molecular flexibility index (Phi) is 7.20. The van der Waals surface area contributed by atoms with E-state index in [1.807, 2.05) is 24.3 Å². The molecule has 0 bridgehead atoms. The summed E-state index contributed by atoms with van der Waals surface area (Å²) in [5.74, 6) is 1.16. The average Bonchev–Trinajstić information content (AvgIpc) is 3.12. The summed E-state index contributed by atoms with van der Waals surface area (Å²) in [6.07, 6.45) is 2.92. The summed E-state index contributed by atoms with van der Waals surface area (Å²) < 4.78 is 12.3. The van der Waals surface area contributed by atoms with Gasteiger partial charge in [0, 0.05) is 34.2 Å². The van der Waals surface area contributed by atoms with Crippen LogP contribution in [0, 0.1) is 11.8 Å². The van der Waals surface area contributed by atoms with Crippen molar-refractivity contribution in [2.45, 2.75) is 52.1 Å². The third-order valence-electron chi connectivity index (χ3n) is 7.02. The summed E-state index contributed by atoms with van der Waals surface area (Å²) in [4.78, 5) is 13.4. The van der Waals surface area contributed by atoms with E-state index in [0.717, 1.165) is 54.4 Å². The van der Waals surface area contributed by atoms with Crippen molar-refractivity contribution < 1.29 is 19.4 Å². The molecule has 0 saturated carbocycles. The lowest BCUT2D eigenvalue weighted by molar-refractivity contribution is -0.141. The molecule has 4 rings (SSSR count). The van der Waals surface area contributed by atoms with E-state index < -0.39 is 5.97 Å². The number of rotatable bonds is 8. The fraction of sp³-hybridized carbons (Fsp3) is 0.519. The van der Waals surface area contributed by atoms with Gasteiger partial charge in [0.1, 0.15) is 18.1 Å². The van der Waals surface area contributed by atoms with Crippen LogP contribution in [0.5, 0.6) is 11.5 Å². The van der Waals surface area contributed by atoms with Gasteiger partial charge in [0.05, 0.1) is 12.5 Å². The fourth-order valence-corrected chi connectivity index (χ4v) is 5.29. The van der Waals surface area contributed by atoms with Crippen molar-refractivity contribution in [1.29, 1.82) is 0 Å². The summed E-state index contributed by atoms with van der Waals surface area (Å²) >= 11 is 6.49. The summed E-state index contributed by atoms with van der Waals surface area (Å²) in [5, 5.41) is 9.94. The van der Waals surface area contributed by atoms with E-state index >= 15 is 0 Å². The van der Waals surface area contributed by atoms with Gasteiger partial charge in [-0.2, -0.15) is 0 Å². The van der Waals surface area contributed by atoms with Gasteiger partial charge in [0.2, 0.25) is 0 Å². The van der Waals surface area contributed by atoms with Crippen molar-refractivity contribution in [3.63, 3.8) is 0 Å². The van der Waals surface area contributed by atoms with Crippen LogP contribution >= 0.6 is 11.6 Å². The van der Waals surface area contributed by atoms with E-state index in [2.05, 4.69) is 30.9 Å². The highest BCUT2D eigenvalue weighted by Gasteiger charge is 2.43. The first kappa shape index (κ1) is 23.9. The quantitative estimate of drug-likeness (QED) is 0.545. The Morgan fingerprint density at radius 2 is 1.97 bits per heavy atom. The monoisotopic (exact) mass is 471 g/mol. The first-order valence-electron chi connectivity index (χ1n) is 11.9. The molecule has 1 saturated heterocycles. The van der Waals surface area contributed by atoms with Gasteiger partial charge in [-0.1, -0.05) is 50.6 Å². The van der Waals surface area contributed by atoms with Gasteiger partial charge in [-0.05, 0) is 56.0 Å². The number of fused-ring (bicyclic) bond motifs is 2. The highest BCUT2D eigenvalue weighted by molar-refractivity contribution is 6.31. The number of halogens is 1. The van der Waals surface area contributed by atoms with Crippen LogP contribution in [0.4, 0.5) is 0 Å². The lowest BCUT2D eigenvalue weighted by atomic mass is 9.74. The maximum absolute atomic E-state index is 11.2. The highest BCUT2D eigenvalue weighted by Crippen LogP contribution is 2.46. The molecule has 1 N–H and O–H groups in total. The Morgan fingerprint density at radius 1 is 1.21 bits per heavy atom. The molecule has 1 unspecified atom stereocenters. The number of ether oxygens (including phenoxy) is 2. The molecule has 33 heavy (non-hydrogen) atoms. The Morgan fingerprint density at radius 3 is 2.67 bits per heavy atom. The second kappa shape index (κ2) is 9.94. The van der Waals surface area contributed by atoms with Gasteiger partial charge in [-0.15, -0.1) is 0 Å². The number of piperidine rings is 1. The second-order valence-corrected chi connectivity index (χ2v) is 10.4. The number of hydrogen-bond donors (Lipinski definition) is 1. The Hall–Kier alpha value is -2.24. The molecule has 2 aliphatic rings. The number of carboxylic acid groups (broad SMARTS) is 1. The Bertz CT molecular complexity index is 998. The number of carbonyl (C=O) groups is 1. The highest BCUT2D eigenvalue weighted by atomic mass is 35.5. The smallest absolute Gasteiger partial charge is 0.307 e. The van der Waals surface area contributed by atoms with Crippen LogP contribution in [0.25, 0.3) is 0 Å². The van der Waals surface area contributed by atoms with Gasteiger partial charge < -0.3 is 19.5 Å². The molecule has 1 spiro atoms. The van der Waals surface area contributed by atoms with Gasteiger partial charge in [0.15, 0.2) is 0 Å². The molecule has 5 nitrogen and oxygen atoms in total. The number of aliphatic carboxylic acids is 1.